The molecule has 3 heteroatoms. The second-order valence-electron chi connectivity index (χ2n) is 4.40. The van der Waals surface area contributed by atoms with E-state index in [1.54, 1.807) is 24.3 Å². The van der Waals surface area contributed by atoms with Gasteiger partial charge in [-0.1, -0.05) is 23.7 Å². The molecule has 1 fully saturated rings. The zero-order chi connectivity index (χ0) is 11.1. The quantitative estimate of drug-likeness (QED) is 0.801. The lowest BCUT2D eigenvalue weighted by Gasteiger charge is -2.22. The maximum Gasteiger partial charge on any atom is 0.182 e. The summed E-state index contributed by atoms with van der Waals surface area (Å²) in [5, 5.41) is 0.576. The molecule has 80 valence electrons. The predicted octanol–water partition coefficient (Wildman–Crippen LogP) is 2.65. The molecule has 1 aliphatic carbocycles. The summed E-state index contributed by atoms with van der Waals surface area (Å²) in [6, 6.07) is 6.97. The topological polar surface area (TPSA) is 43.1 Å². The zero-order valence-corrected chi connectivity index (χ0v) is 9.42. The van der Waals surface area contributed by atoms with Gasteiger partial charge in [0.05, 0.1) is 5.54 Å². The van der Waals surface area contributed by atoms with Crippen LogP contribution in [-0.4, -0.2) is 11.3 Å². The van der Waals surface area contributed by atoms with Crippen molar-refractivity contribution >= 4 is 17.4 Å². The summed E-state index contributed by atoms with van der Waals surface area (Å²) in [5.74, 6) is 0.330. The minimum absolute atomic E-state index is 0.00694. The van der Waals surface area contributed by atoms with Gasteiger partial charge in [0, 0.05) is 10.6 Å². The number of ketones is 1. The van der Waals surface area contributed by atoms with Crippen LogP contribution in [0.1, 0.15) is 30.1 Å². The fraction of sp³-hybridized carbons (Fsp3) is 0.417. The molecule has 1 unspecified atom stereocenters. The third-order valence-corrected chi connectivity index (χ3v) is 3.24. The van der Waals surface area contributed by atoms with E-state index in [-0.39, 0.29) is 5.78 Å². The number of carbonyl (C=O) groups excluding carboxylic acids is 1. The molecule has 0 radical (unpaired) electrons. The number of nitrogens with two attached hydrogens (primary N) is 1. The Hall–Kier alpha value is -0.860. The van der Waals surface area contributed by atoms with Gasteiger partial charge in [-0.2, -0.15) is 0 Å². The highest BCUT2D eigenvalue weighted by atomic mass is 35.5. The molecule has 0 heterocycles. The van der Waals surface area contributed by atoms with Crippen molar-refractivity contribution in [2.75, 3.05) is 0 Å². The molecule has 0 amide bonds. The summed E-state index contributed by atoms with van der Waals surface area (Å²) in [7, 11) is 0. The second kappa shape index (κ2) is 3.62. The summed E-state index contributed by atoms with van der Waals surface area (Å²) in [6.07, 6.45) is 2.11. The molecule has 2 nitrogen and oxygen atoms in total. The van der Waals surface area contributed by atoms with E-state index in [1.807, 2.05) is 6.92 Å². The third-order valence-electron chi connectivity index (χ3n) is 3.00. The predicted molar refractivity (Wildman–Crippen MR) is 61.1 cm³/mol. The van der Waals surface area contributed by atoms with E-state index < -0.39 is 5.54 Å². The molecular formula is C12H14ClNO. The summed E-state index contributed by atoms with van der Waals surface area (Å²) < 4.78 is 0. The zero-order valence-electron chi connectivity index (χ0n) is 8.66. The van der Waals surface area contributed by atoms with Crippen LogP contribution in [0.4, 0.5) is 0 Å². The van der Waals surface area contributed by atoms with E-state index in [2.05, 4.69) is 0 Å². The molecule has 1 atom stereocenters. The van der Waals surface area contributed by atoms with Gasteiger partial charge in [-0.3, -0.25) is 4.79 Å². The SMILES string of the molecule is CC(N)(C(=O)c1cccc(Cl)c1)C1CC1. The minimum Gasteiger partial charge on any atom is -0.319 e. The normalized spacial score (nSPS) is 19.7. The van der Waals surface area contributed by atoms with Crippen molar-refractivity contribution in [2.24, 2.45) is 11.7 Å². The Morgan fingerprint density at radius 2 is 2.20 bits per heavy atom. The highest BCUT2D eigenvalue weighted by Crippen LogP contribution is 2.39. The number of hydrogen-bond acceptors (Lipinski definition) is 2. The van der Waals surface area contributed by atoms with Crippen molar-refractivity contribution in [3.05, 3.63) is 34.9 Å². The molecule has 2 rings (SSSR count). The molecule has 1 aliphatic rings. The van der Waals surface area contributed by atoms with E-state index in [4.69, 9.17) is 17.3 Å². The first-order valence-electron chi connectivity index (χ1n) is 5.11. The van der Waals surface area contributed by atoms with Crippen LogP contribution in [0.25, 0.3) is 0 Å². The maximum absolute atomic E-state index is 12.1. The Morgan fingerprint density at radius 1 is 1.53 bits per heavy atom. The molecule has 15 heavy (non-hydrogen) atoms. The smallest absolute Gasteiger partial charge is 0.182 e. The first-order valence-corrected chi connectivity index (χ1v) is 5.49. The van der Waals surface area contributed by atoms with Crippen LogP contribution in [0.3, 0.4) is 0 Å². The van der Waals surface area contributed by atoms with Gasteiger partial charge < -0.3 is 5.73 Å². The first kappa shape index (κ1) is 10.7. The molecule has 0 bridgehead atoms. The van der Waals surface area contributed by atoms with E-state index in [1.165, 1.54) is 0 Å². The summed E-state index contributed by atoms with van der Waals surface area (Å²) in [4.78, 5) is 12.1. The van der Waals surface area contributed by atoms with Crippen molar-refractivity contribution in [2.45, 2.75) is 25.3 Å². The lowest BCUT2D eigenvalue weighted by atomic mass is 9.87. The van der Waals surface area contributed by atoms with Gasteiger partial charge in [0.2, 0.25) is 0 Å². The van der Waals surface area contributed by atoms with Crippen molar-refractivity contribution < 1.29 is 4.79 Å². The number of carbonyl (C=O) groups is 1. The first-order chi connectivity index (χ1) is 7.01. The summed E-state index contributed by atoms with van der Waals surface area (Å²) >= 11 is 5.84. The second-order valence-corrected chi connectivity index (χ2v) is 4.83. The van der Waals surface area contributed by atoms with E-state index >= 15 is 0 Å². The maximum atomic E-state index is 12.1. The van der Waals surface area contributed by atoms with Gasteiger partial charge in [0.25, 0.3) is 0 Å². The van der Waals surface area contributed by atoms with Crippen LogP contribution in [-0.2, 0) is 0 Å². The van der Waals surface area contributed by atoms with Gasteiger partial charge in [0.15, 0.2) is 5.78 Å². The molecule has 1 aromatic rings. The van der Waals surface area contributed by atoms with Crippen LogP contribution in [0.15, 0.2) is 24.3 Å². The number of benzene rings is 1. The van der Waals surface area contributed by atoms with Crippen LogP contribution < -0.4 is 5.73 Å². The number of Topliss-reactive ketones (excluding diaryl/α,β-unsaturated/α-hetero) is 1. The summed E-state index contributed by atoms with van der Waals surface area (Å²) in [5.41, 5.74) is 5.93. The highest BCUT2D eigenvalue weighted by molar-refractivity contribution is 6.31. The molecule has 1 aromatic carbocycles. The molecule has 1 saturated carbocycles. The standard InChI is InChI=1S/C12H14ClNO/c1-12(14,9-5-6-9)11(15)8-3-2-4-10(13)7-8/h2-4,7,9H,5-6,14H2,1H3. The van der Waals surface area contributed by atoms with Crippen LogP contribution >= 0.6 is 11.6 Å². The van der Waals surface area contributed by atoms with Crippen LogP contribution in [0, 0.1) is 5.92 Å². The van der Waals surface area contributed by atoms with Crippen molar-refractivity contribution in [1.29, 1.82) is 0 Å². The van der Waals surface area contributed by atoms with Gasteiger partial charge in [-0.25, -0.2) is 0 Å². The van der Waals surface area contributed by atoms with E-state index in [9.17, 15) is 4.79 Å². The van der Waals surface area contributed by atoms with E-state index in [0.717, 1.165) is 12.8 Å². The van der Waals surface area contributed by atoms with Crippen LogP contribution in [0.2, 0.25) is 5.02 Å². The Kier molecular flexibility index (Phi) is 2.57. The fourth-order valence-electron chi connectivity index (χ4n) is 1.81. The van der Waals surface area contributed by atoms with Gasteiger partial charge in [-0.05, 0) is 37.8 Å². The Balaban J connectivity index is 2.27. The number of halogens is 1. The minimum atomic E-state index is -0.731. The van der Waals surface area contributed by atoms with E-state index in [0.29, 0.717) is 16.5 Å². The average molecular weight is 224 g/mol. The van der Waals surface area contributed by atoms with Gasteiger partial charge in [-0.15, -0.1) is 0 Å². The van der Waals surface area contributed by atoms with Gasteiger partial charge >= 0.3 is 0 Å². The molecule has 2 N–H and O–H groups in total. The van der Waals surface area contributed by atoms with Gasteiger partial charge in [0.1, 0.15) is 0 Å². The lowest BCUT2D eigenvalue weighted by molar-refractivity contribution is 0.0883. The molecule has 0 spiro atoms. The van der Waals surface area contributed by atoms with Crippen molar-refractivity contribution in [3.8, 4) is 0 Å². The largest absolute Gasteiger partial charge is 0.319 e. The van der Waals surface area contributed by atoms with Crippen molar-refractivity contribution in [1.82, 2.24) is 0 Å². The highest BCUT2D eigenvalue weighted by Gasteiger charge is 2.44. The molecule has 0 aromatic heterocycles. The molecular weight excluding hydrogens is 210 g/mol. The Labute approximate surface area is 94.4 Å². The third kappa shape index (κ3) is 2.06. The monoisotopic (exact) mass is 223 g/mol. The number of hydrogen-bond donors (Lipinski definition) is 1. The number of rotatable bonds is 3. The van der Waals surface area contributed by atoms with Crippen molar-refractivity contribution in [3.63, 3.8) is 0 Å². The Bertz CT molecular complexity index is 396. The fourth-order valence-corrected chi connectivity index (χ4v) is 2.00. The Morgan fingerprint density at radius 3 is 2.73 bits per heavy atom. The van der Waals surface area contributed by atoms with Crippen LogP contribution in [0.5, 0.6) is 0 Å². The molecule has 0 aliphatic heterocycles. The average Bonchev–Trinajstić information content (AvgIpc) is 2.99. The summed E-state index contributed by atoms with van der Waals surface area (Å²) in [6.45, 7) is 1.81. The lowest BCUT2D eigenvalue weighted by Crippen LogP contribution is -2.47. The molecule has 0 saturated heterocycles.